The monoisotopic (exact) mass is 409 g/mol. The van der Waals surface area contributed by atoms with Gasteiger partial charge in [-0.1, -0.05) is 42.5 Å². The minimum Gasteiger partial charge on any atom is -0.610 e. The van der Waals surface area contributed by atoms with Crippen LogP contribution in [0.4, 0.5) is 0 Å². The van der Waals surface area contributed by atoms with Crippen LogP contribution in [0.2, 0.25) is 0 Å². The summed E-state index contributed by atoms with van der Waals surface area (Å²) in [6, 6.07) is 16.1. The highest BCUT2D eigenvalue weighted by Crippen LogP contribution is 2.26. The van der Waals surface area contributed by atoms with E-state index in [0.29, 0.717) is 36.6 Å². The molecule has 0 N–H and O–H groups in total. The molecule has 4 rings (SSSR count). The molecule has 1 atom stereocenters. The molecule has 8 heteroatoms. The van der Waals surface area contributed by atoms with Gasteiger partial charge in [-0.15, -0.1) is 4.21 Å². The zero-order chi connectivity index (χ0) is 20.4. The predicted molar refractivity (Wildman–Crippen MR) is 107 cm³/mol. The molecule has 0 aliphatic carbocycles. The Morgan fingerprint density at radius 3 is 2.72 bits per heavy atom. The van der Waals surface area contributed by atoms with Gasteiger partial charge in [0.2, 0.25) is 5.88 Å². The Balaban J connectivity index is 1.64. The topological polar surface area (TPSA) is 95.4 Å². The van der Waals surface area contributed by atoms with E-state index in [1.807, 2.05) is 30.3 Å². The summed E-state index contributed by atoms with van der Waals surface area (Å²) in [6.07, 6.45) is 2.59. The molecule has 0 saturated heterocycles. The highest BCUT2D eigenvalue weighted by Gasteiger charge is 2.26. The summed E-state index contributed by atoms with van der Waals surface area (Å²) >= 11 is 0. The van der Waals surface area contributed by atoms with E-state index in [2.05, 4.69) is 9.97 Å². The Morgan fingerprint density at radius 1 is 1.17 bits per heavy atom. The number of aromatic nitrogens is 2. The molecule has 1 aliphatic rings. The molecular weight excluding hydrogens is 390 g/mol. The molecule has 1 amide bonds. The summed E-state index contributed by atoms with van der Waals surface area (Å²) in [6.45, 7) is 1.22. The van der Waals surface area contributed by atoms with Crippen LogP contribution in [0.1, 0.15) is 15.9 Å². The second-order valence-corrected chi connectivity index (χ2v) is 8.79. The Labute approximate surface area is 169 Å². The van der Waals surface area contributed by atoms with Gasteiger partial charge in [0.05, 0.1) is 16.8 Å². The Kier molecular flexibility index (Phi) is 5.12. The number of amides is 1. The normalized spacial score (nSPS) is 15.8. The smallest absolute Gasteiger partial charge is 0.261 e. The van der Waals surface area contributed by atoms with Crippen molar-refractivity contribution in [2.45, 2.75) is 11.4 Å². The molecule has 1 aromatic heterocycles. The zero-order valence-electron chi connectivity index (χ0n) is 15.8. The first-order chi connectivity index (χ1) is 13.9. The van der Waals surface area contributed by atoms with Crippen LogP contribution in [0.5, 0.6) is 5.88 Å². The first-order valence-corrected chi connectivity index (χ1v) is 10.9. The number of hydrogen-bond acceptors (Lipinski definition) is 6. The van der Waals surface area contributed by atoms with Crippen molar-refractivity contribution in [1.29, 1.82) is 0 Å². The van der Waals surface area contributed by atoms with Gasteiger partial charge in [0.1, 0.15) is 18.4 Å². The predicted octanol–water partition coefficient (Wildman–Crippen LogP) is 2.80. The molecule has 2 heterocycles. The Morgan fingerprint density at radius 2 is 1.97 bits per heavy atom. The number of fused-ring (bicyclic) bond motifs is 1. The van der Waals surface area contributed by atoms with Crippen LogP contribution in [-0.4, -0.2) is 44.7 Å². The largest absolute Gasteiger partial charge is 0.610 e. The molecule has 1 aliphatic heterocycles. The molecule has 148 valence electrons. The number of sulfone groups is 1. The van der Waals surface area contributed by atoms with E-state index in [4.69, 9.17) is 4.74 Å². The summed E-state index contributed by atoms with van der Waals surface area (Å²) in [5.74, 6) is 0.316. The molecule has 29 heavy (non-hydrogen) atoms. The maximum absolute atomic E-state index is 13.0. The van der Waals surface area contributed by atoms with Crippen molar-refractivity contribution in [2.75, 3.05) is 19.4 Å². The van der Waals surface area contributed by atoms with E-state index in [9.17, 15) is 13.6 Å². The van der Waals surface area contributed by atoms with Crippen molar-refractivity contribution >= 4 is 16.1 Å². The van der Waals surface area contributed by atoms with Gasteiger partial charge in [0.25, 0.3) is 5.91 Å². The van der Waals surface area contributed by atoms with E-state index in [1.165, 1.54) is 18.3 Å². The van der Waals surface area contributed by atoms with E-state index in [1.54, 1.807) is 17.0 Å². The first kappa shape index (κ1) is 19.2. The number of rotatable bonds is 4. The fraction of sp³-hybridized carbons (Fsp3) is 0.190. The molecule has 0 saturated carbocycles. The Hall–Kier alpha value is -3.10. The average Bonchev–Trinajstić information content (AvgIpc) is 2.87. The lowest BCUT2D eigenvalue weighted by Crippen LogP contribution is -2.31. The highest BCUT2D eigenvalue weighted by atomic mass is 32.3. The standard InChI is InChI=1S/C21H19N3O4S/c1-29(26,27)17-9-5-8-16(12-17)19-22-13-18-20(23-19)28-11-10-24(21(18)25)14-15-6-3-2-4-7-15/h2-9,12-13H,10-11,14H2,1H3. The molecule has 0 bridgehead atoms. The van der Waals surface area contributed by atoms with E-state index in [0.717, 1.165) is 11.8 Å². The second kappa shape index (κ2) is 7.73. The van der Waals surface area contributed by atoms with Crippen LogP contribution < -0.4 is 4.74 Å². The number of hydrogen-bond donors (Lipinski definition) is 0. The van der Waals surface area contributed by atoms with Crippen LogP contribution in [0.15, 0.2) is 65.7 Å². The molecular formula is C21H19N3O4S. The minimum absolute atomic E-state index is 0.180. The summed E-state index contributed by atoms with van der Waals surface area (Å²) in [5, 5.41) is 0. The number of carbonyl (C=O) groups is 1. The molecule has 7 nitrogen and oxygen atoms in total. The van der Waals surface area contributed by atoms with Crippen molar-refractivity contribution in [3.8, 4) is 17.3 Å². The van der Waals surface area contributed by atoms with E-state index < -0.39 is 10.2 Å². The number of ether oxygens (including phenoxy) is 1. The van der Waals surface area contributed by atoms with E-state index in [-0.39, 0.29) is 16.7 Å². The fourth-order valence-electron chi connectivity index (χ4n) is 3.11. The van der Waals surface area contributed by atoms with Gasteiger partial charge in [0.15, 0.2) is 10.7 Å². The molecule has 1 unspecified atom stereocenters. The lowest BCUT2D eigenvalue weighted by molar-refractivity contribution is 0.0742. The highest BCUT2D eigenvalue weighted by molar-refractivity contribution is 7.97. The second-order valence-electron chi connectivity index (χ2n) is 6.77. The van der Waals surface area contributed by atoms with Crippen LogP contribution in [0.25, 0.3) is 11.4 Å². The van der Waals surface area contributed by atoms with Crippen LogP contribution >= 0.6 is 0 Å². The third kappa shape index (κ3) is 4.18. The maximum Gasteiger partial charge on any atom is 0.261 e. The van der Waals surface area contributed by atoms with Gasteiger partial charge in [-0.3, -0.25) is 4.79 Å². The molecule has 2 aromatic carbocycles. The molecule has 0 spiro atoms. The van der Waals surface area contributed by atoms with Gasteiger partial charge in [-0.25, -0.2) is 4.98 Å². The van der Waals surface area contributed by atoms with Crippen molar-refractivity contribution in [3.05, 3.63) is 71.9 Å². The summed E-state index contributed by atoms with van der Waals surface area (Å²) < 4.78 is 29.3. The van der Waals surface area contributed by atoms with E-state index >= 15 is 0 Å². The molecule has 3 aromatic rings. The average molecular weight is 409 g/mol. The molecule has 0 fully saturated rings. The molecule has 0 radical (unpaired) electrons. The van der Waals surface area contributed by atoms with Crippen molar-refractivity contribution in [1.82, 2.24) is 14.9 Å². The summed E-state index contributed by atoms with van der Waals surface area (Å²) in [7, 11) is -3.35. The van der Waals surface area contributed by atoms with Crippen LogP contribution in [-0.2, 0) is 21.0 Å². The number of carbonyl (C=O) groups excluding carboxylic acids is 1. The SMILES string of the molecule is C[S+](=O)([O-])c1cccc(-c2ncc3c(n2)OCCN(Cc2ccccc2)C3=O)c1. The lowest BCUT2D eigenvalue weighted by atomic mass is 10.2. The number of nitrogens with zero attached hydrogens (tertiary/aromatic N) is 3. The van der Waals surface area contributed by atoms with Crippen LogP contribution in [0, 0.1) is 0 Å². The maximum atomic E-state index is 13.0. The number of benzene rings is 2. The third-order valence-electron chi connectivity index (χ3n) is 4.61. The van der Waals surface area contributed by atoms with Gasteiger partial charge in [0, 0.05) is 24.4 Å². The lowest BCUT2D eigenvalue weighted by Gasteiger charge is -2.19. The van der Waals surface area contributed by atoms with Gasteiger partial charge in [-0.05, 0) is 11.6 Å². The van der Waals surface area contributed by atoms with Gasteiger partial charge >= 0.3 is 0 Å². The fourth-order valence-corrected chi connectivity index (χ4v) is 3.77. The van der Waals surface area contributed by atoms with Gasteiger partial charge in [-0.2, -0.15) is 4.98 Å². The zero-order valence-corrected chi connectivity index (χ0v) is 16.6. The first-order valence-electron chi connectivity index (χ1n) is 9.05. The van der Waals surface area contributed by atoms with Crippen molar-refractivity contribution in [3.63, 3.8) is 0 Å². The van der Waals surface area contributed by atoms with Gasteiger partial charge < -0.3 is 14.2 Å². The Bertz CT molecular complexity index is 1100. The van der Waals surface area contributed by atoms with Crippen LogP contribution in [0.3, 0.4) is 0 Å². The third-order valence-corrected chi connectivity index (χ3v) is 5.72. The van der Waals surface area contributed by atoms with Crippen molar-refractivity contribution < 1.29 is 18.3 Å². The quantitative estimate of drug-likeness (QED) is 0.615. The summed E-state index contributed by atoms with van der Waals surface area (Å²) in [4.78, 5) is 23.5. The summed E-state index contributed by atoms with van der Waals surface area (Å²) in [5.41, 5.74) is 1.86. The minimum atomic E-state index is -3.35. The van der Waals surface area contributed by atoms with Crippen molar-refractivity contribution in [2.24, 2.45) is 0 Å².